The molecule has 2 aliphatic heterocycles. The van der Waals surface area contributed by atoms with Gasteiger partial charge in [-0.05, 0) is 24.3 Å². The van der Waals surface area contributed by atoms with E-state index in [0.717, 1.165) is 12.1 Å². The average Bonchev–Trinajstić information content (AvgIpc) is 3.66. The van der Waals surface area contributed by atoms with Gasteiger partial charge < -0.3 is 34.2 Å². The van der Waals surface area contributed by atoms with Crippen LogP contribution in [0, 0.1) is 17.5 Å². The Balaban J connectivity index is 1.48. The summed E-state index contributed by atoms with van der Waals surface area (Å²) in [4.78, 5) is 14.3. The zero-order valence-electron chi connectivity index (χ0n) is 24.1. The Bertz CT molecular complexity index is 1540. The van der Waals surface area contributed by atoms with Crippen LogP contribution in [0.1, 0.15) is 38.3 Å². The summed E-state index contributed by atoms with van der Waals surface area (Å²) in [6.07, 6.45) is 1.00. The summed E-state index contributed by atoms with van der Waals surface area (Å²) in [5.41, 5.74) is 0.00411. The lowest BCUT2D eigenvalue weighted by atomic mass is 9.89. The van der Waals surface area contributed by atoms with Crippen LogP contribution in [-0.4, -0.2) is 90.5 Å². The van der Waals surface area contributed by atoms with E-state index < -0.39 is 67.0 Å². The fraction of sp³-hybridized carbons (Fsp3) is 0.448. The van der Waals surface area contributed by atoms with Gasteiger partial charge in [0.15, 0.2) is 17.5 Å². The van der Waals surface area contributed by atoms with Crippen molar-refractivity contribution in [3.63, 3.8) is 0 Å². The number of carbonyl (C=O) groups excluding carboxylic acids is 1. The van der Waals surface area contributed by atoms with Crippen molar-refractivity contribution in [1.29, 1.82) is 0 Å². The summed E-state index contributed by atoms with van der Waals surface area (Å²) >= 11 is 0. The molecule has 12 nitrogen and oxygen atoms in total. The van der Waals surface area contributed by atoms with Crippen LogP contribution in [0.3, 0.4) is 0 Å². The second-order valence-electron chi connectivity index (χ2n) is 11.6. The number of rotatable bonds is 8. The average molecular weight is 620 g/mol. The smallest absolute Gasteiger partial charge is 0.252 e. The minimum absolute atomic E-state index is 0.0130. The van der Waals surface area contributed by atoms with Crippen molar-refractivity contribution in [1.82, 2.24) is 25.1 Å². The molecule has 4 heterocycles. The van der Waals surface area contributed by atoms with E-state index in [1.165, 1.54) is 34.1 Å². The highest BCUT2D eigenvalue weighted by Crippen LogP contribution is 2.35. The number of amides is 1. The summed E-state index contributed by atoms with van der Waals surface area (Å²) in [7, 11) is 0. The summed E-state index contributed by atoms with van der Waals surface area (Å²) in [5, 5.41) is 43.1. The standard InChI is InChI=1S/C29H32F3N5O7/c1-29(2,3)23-11-16(34-44-23)10-21-28(42-14-24(40)36-6-4-17(39)5-7-36)26(27(41)22(13-38)43-21)37-12-20(33-35-37)15-8-18(30)25(32)19(31)9-15/h4-6,8-9,11-12,21-22,26-28,38-39,41H,7,10,13-14H2,1-3H3/t21-,22-,26+,27+,28+/m1/s1. The van der Waals surface area contributed by atoms with Crippen molar-refractivity contribution in [2.75, 3.05) is 19.8 Å². The van der Waals surface area contributed by atoms with Crippen molar-refractivity contribution in [3.8, 4) is 11.3 Å². The van der Waals surface area contributed by atoms with Gasteiger partial charge in [-0.25, -0.2) is 17.9 Å². The molecule has 0 bridgehead atoms. The Hall–Kier alpha value is -4.05. The normalized spacial score (nSPS) is 24.0. The van der Waals surface area contributed by atoms with E-state index in [-0.39, 0.29) is 35.4 Å². The maximum Gasteiger partial charge on any atom is 0.252 e. The number of aliphatic hydroxyl groups is 3. The molecule has 2 aliphatic rings. The summed E-state index contributed by atoms with van der Waals surface area (Å²) in [6, 6.07) is 2.15. The molecule has 0 aliphatic carbocycles. The molecule has 3 N–H and O–H groups in total. The molecule has 5 rings (SSSR count). The molecule has 236 valence electrons. The van der Waals surface area contributed by atoms with Crippen molar-refractivity contribution >= 4 is 5.91 Å². The van der Waals surface area contributed by atoms with Crippen LogP contribution in [0.5, 0.6) is 0 Å². The van der Waals surface area contributed by atoms with Gasteiger partial charge in [-0.15, -0.1) is 5.10 Å². The SMILES string of the molecule is CC(C)(C)c1cc(C[C@H]2O[C@H](CO)[C@H](O)[C@H](n3cc(-c4cc(F)c(F)c(F)c4)nn3)[C@H]2OCC(=O)N2C=CC(O)=CC2)no1. The van der Waals surface area contributed by atoms with Crippen molar-refractivity contribution in [2.45, 2.75) is 63.1 Å². The monoisotopic (exact) mass is 619 g/mol. The Kier molecular flexibility index (Phi) is 8.92. The van der Waals surface area contributed by atoms with E-state index in [0.29, 0.717) is 11.5 Å². The zero-order chi connectivity index (χ0) is 31.8. The Morgan fingerprint density at radius 2 is 1.89 bits per heavy atom. The molecule has 1 saturated heterocycles. The van der Waals surface area contributed by atoms with E-state index in [2.05, 4.69) is 15.5 Å². The molecule has 44 heavy (non-hydrogen) atoms. The van der Waals surface area contributed by atoms with E-state index >= 15 is 0 Å². The highest BCUT2D eigenvalue weighted by molar-refractivity contribution is 5.79. The topological polar surface area (TPSA) is 156 Å². The molecule has 0 unspecified atom stereocenters. The number of hydrogen-bond acceptors (Lipinski definition) is 10. The fourth-order valence-corrected chi connectivity index (χ4v) is 4.99. The molecule has 2 aromatic heterocycles. The fourth-order valence-electron chi connectivity index (χ4n) is 4.99. The van der Waals surface area contributed by atoms with Gasteiger partial charge in [-0.1, -0.05) is 31.1 Å². The number of aromatic nitrogens is 4. The first kappa shape index (κ1) is 31.4. The largest absolute Gasteiger partial charge is 0.508 e. The first-order valence-corrected chi connectivity index (χ1v) is 13.8. The second-order valence-corrected chi connectivity index (χ2v) is 11.6. The predicted molar refractivity (Wildman–Crippen MR) is 146 cm³/mol. The minimum Gasteiger partial charge on any atom is -0.508 e. The quantitative estimate of drug-likeness (QED) is 0.321. The second kappa shape index (κ2) is 12.5. The number of allylic oxidation sites excluding steroid dienone is 1. The van der Waals surface area contributed by atoms with Crippen molar-refractivity contribution in [2.24, 2.45) is 0 Å². The number of carbonyl (C=O) groups is 1. The molecule has 1 fully saturated rings. The van der Waals surface area contributed by atoms with Gasteiger partial charge >= 0.3 is 0 Å². The third-order valence-electron chi connectivity index (χ3n) is 7.41. The van der Waals surface area contributed by atoms with Crippen LogP contribution >= 0.6 is 0 Å². The minimum atomic E-state index is -1.63. The van der Waals surface area contributed by atoms with Crippen LogP contribution < -0.4 is 0 Å². The lowest BCUT2D eigenvalue weighted by molar-refractivity contribution is -0.218. The van der Waals surface area contributed by atoms with Crippen LogP contribution in [0.15, 0.2) is 53.0 Å². The molecule has 1 aromatic carbocycles. The number of halogens is 3. The number of hydrogen-bond donors (Lipinski definition) is 3. The predicted octanol–water partition coefficient (Wildman–Crippen LogP) is 2.74. The molecule has 0 spiro atoms. The molecule has 0 saturated carbocycles. The van der Waals surface area contributed by atoms with Crippen LogP contribution in [0.2, 0.25) is 0 Å². The third-order valence-corrected chi connectivity index (χ3v) is 7.41. The molecule has 5 atom stereocenters. The number of aliphatic hydroxyl groups excluding tert-OH is 3. The van der Waals surface area contributed by atoms with Gasteiger partial charge in [0.2, 0.25) is 0 Å². The first-order valence-electron chi connectivity index (χ1n) is 13.8. The van der Waals surface area contributed by atoms with Gasteiger partial charge in [-0.3, -0.25) is 4.79 Å². The van der Waals surface area contributed by atoms with E-state index in [1.54, 1.807) is 6.07 Å². The molecule has 1 amide bonds. The zero-order valence-corrected chi connectivity index (χ0v) is 24.1. The van der Waals surface area contributed by atoms with Gasteiger partial charge in [0.05, 0.1) is 24.6 Å². The van der Waals surface area contributed by atoms with Crippen LogP contribution in [0.25, 0.3) is 11.3 Å². The Morgan fingerprint density at radius 3 is 2.50 bits per heavy atom. The summed E-state index contributed by atoms with van der Waals surface area (Å²) in [5.74, 6) is -4.31. The molecule has 0 radical (unpaired) electrons. The maximum atomic E-state index is 13.9. The van der Waals surface area contributed by atoms with Gasteiger partial charge in [0.25, 0.3) is 5.91 Å². The van der Waals surface area contributed by atoms with E-state index in [4.69, 9.17) is 14.0 Å². The third kappa shape index (κ3) is 6.55. The van der Waals surface area contributed by atoms with E-state index in [9.17, 15) is 33.3 Å². The number of nitrogens with zero attached hydrogens (tertiary/aromatic N) is 5. The van der Waals surface area contributed by atoms with Crippen molar-refractivity contribution < 1.29 is 47.3 Å². The van der Waals surface area contributed by atoms with Crippen LogP contribution in [0.4, 0.5) is 13.2 Å². The lowest BCUT2D eigenvalue weighted by Crippen LogP contribution is -2.58. The summed E-state index contributed by atoms with van der Waals surface area (Å²) < 4.78 is 60.3. The molecule has 15 heteroatoms. The van der Waals surface area contributed by atoms with Crippen molar-refractivity contribution in [3.05, 3.63) is 77.4 Å². The highest BCUT2D eigenvalue weighted by atomic mass is 19.2. The van der Waals surface area contributed by atoms with Gasteiger partial charge in [-0.2, -0.15) is 0 Å². The molecule has 3 aromatic rings. The highest BCUT2D eigenvalue weighted by Gasteiger charge is 2.48. The van der Waals surface area contributed by atoms with E-state index in [1.807, 2.05) is 20.8 Å². The number of ether oxygens (including phenoxy) is 2. The summed E-state index contributed by atoms with van der Waals surface area (Å²) in [6.45, 7) is 4.90. The van der Waals surface area contributed by atoms with Crippen LogP contribution in [-0.2, 0) is 26.1 Å². The van der Waals surface area contributed by atoms with Gasteiger partial charge in [0.1, 0.15) is 48.2 Å². The lowest BCUT2D eigenvalue weighted by Gasteiger charge is -2.44. The maximum absolute atomic E-state index is 13.9. The molecular formula is C29H32F3N5O7. The Labute approximate surface area is 250 Å². The van der Waals surface area contributed by atoms with Gasteiger partial charge in [0, 0.05) is 36.2 Å². The molecular weight excluding hydrogens is 587 g/mol. The Morgan fingerprint density at radius 1 is 1.16 bits per heavy atom. The first-order chi connectivity index (χ1) is 20.8. The number of benzene rings is 1.